The number of carbonyl (C=O) groups is 1. The Labute approximate surface area is 101 Å². The van der Waals surface area contributed by atoms with Gasteiger partial charge < -0.3 is 15.4 Å². The van der Waals surface area contributed by atoms with Gasteiger partial charge in [-0.05, 0) is 6.07 Å². The largest absolute Gasteiger partial charge is 0.383 e. The Morgan fingerprint density at radius 2 is 2.29 bits per heavy atom. The minimum atomic E-state index is 0.0497. The van der Waals surface area contributed by atoms with Gasteiger partial charge in [0, 0.05) is 45.6 Å². The predicted octanol–water partition coefficient (Wildman–Crippen LogP) is -0.375. The molecule has 17 heavy (non-hydrogen) atoms. The molecule has 0 aliphatic carbocycles. The molecule has 6 nitrogen and oxygen atoms in total. The number of methoxy groups -OCH3 is 1. The minimum absolute atomic E-state index is 0.0497. The molecule has 0 unspecified atom stereocenters. The van der Waals surface area contributed by atoms with Crippen LogP contribution in [0.3, 0.4) is 0 Å². The molecule has 0 atom stereocenters. The van der Waals surface area contributed by atoms with Gasteiger partial charge in [-0.15, -0.1) is 0 Å². The Balaban J connectivity index is 1.91. The first-order valence-electron chi connectivity index (χ1n) is 5.76. The number of hydrogen-bond acceptors (Lipinski definition) is 4. The molecule has 0 saturated carbocycles. The Morgan fingerprint density at radius 3 is 3.00 bits per heavy atom. The number of ether oxygens (including phenoxy) is 1. The molecule has 1 aromatic rings. The van der Waals surface area contributed by atoms with E-state index < -0.39 is 0 Å². The maximum absolute atomic E-state index is 11.3. The summed E-state index contributed by atoms with van der Waals surface area (Å²) in [6.45, 7) is 3.44. The third-order valence-corrected chi connectivity index (χ3v) is 2.23. The van der Waals surface area contributed by atoms with Gasteiger partial charge in [0.05, 0.1) is 13.2 Å². The van der Waals surface area contributed by atoms with E-state index in [0.29, 0.717) is 26.1 Å². The first kappa shape index (κ1) is 13.7. The summed E-state index contributed by atoms with van der Waals surface area (Å²) in [5.74, 6) is 0.0497. The molecule has 1 heterocycles. The van der Waals surface area contributed by atoms with E-state index in [1.54, 1.807) is 13.3 Å². The number of rotatable bonds is 9. The number of carbonyl (C=O) groups excluding carboxylic acids is 1. The topological polar surface area (TPSA) is 68.2 Å². The molecule has 0 saturated heterocycles. The normalized spacial score (nSPS) is 10.4. The number of nitrogens with zero attached hydrogens (tertiary/aromatic N) is 2. The number of hydrogen-bond donors (Lipinski definition) is 2. The van der Waals surface area contributed by atoms with E-state index in [0.717, 1.165) is 13.1 Å². The molecule has 96 valence electrons. The highest BCUT2D eigenvalue weighted by atomic mass is 16.5. The Kier molecular flexibility index (Phi) is 7.01. The molecule has 1 aromatic heterocycles. The summed E-state index contributed by atoms with van der Waals surface area (Å²) in [6.07, 6.45) is 4.16. The molecular formula is C11H20N4O2. The number of amides is 1. The summed E-state index contributed by atoms with van der Waals surface area (Å²) in [7, 11) is 1.61. The van der Waals surface area contributed by atoms with Gasteiger partial charge in [0.25, 0.3) is 0 Å². The van der Waals surface area contributed by atoms with Crippen LogP contribution in [0.25, 0.3) is 0 Å². The van der Waals surface area contributed by atoms with Crippen LogP contribution in [0.1, 0.15) is 6.42 Å². The van der Waals surface area contributed by atoms with E-state index in [2.05, 4.69) is 15.7 Å². The van der Waals surface area contributed by atoms with Crippen molar-refractivity contribution in [3.8, 4) is 0 Å². The molecule has 0 aliphatic heterocycles. The lowest BCUT2D eigenvalue weighted by atomic mass is 10.4. The van der Waals surface area contributed by atoms with Crippen molar-refractivity contribution in [3.63, 3.8) is 0 Å². The van der Waals surface area contributed by atoms with E-state index in [1.807, 2.05) is 16.9 Å². The molecule has 0 bridgehead atoms. The Morgan fingerprint density at radius 1 is 1.41 bits per heavy atom. The Hall–Kier alpha value is -1.40. The van der Waals surface area contributed by atoms with Gasteiger partial charge in [-0.3, -0.25) is 9.48 Å². The van der Waals surface area contributed by atoms with E-state index in [9.17, 15) is 4.79 Å². The van der Waals surface area contributed by atoms with Crippen molar-refractivity contribution in [1.29, 1.82) is 0 Å². The van der Waals surface area contributed by atoms with Crippen LogP contribution < -0.4 is 10.6 Å². The van der Waals surface area contributed by atoms with Crippen LogP contribution in [0.5, 0.6) is 0 Å². The van der Waals surface area contributed by atoms with Crippen LogP contribution >= 0.6 is 0 Å². The smallest absolute Gasteiger partial charge is 0.221 e. The van der Waals surface area contributed by atoms with Gasteiger partial charge in [0.1, 0.15) is 0 Å². The molecule has 1 amide bonds. The summed E-state index contributed by atoms with van der Waals surface area (Å²) in [5, 5.41) is 10.0. The van der Waals surface area contributed by atoms with Gasteiger partial charge in [-0.2, -0.15) is 5.10 Å². The highest BCUT2D eigenvalue weighted by Gasteiger charge is 1.99. The molecule has 0 aromatic carbocycles. The molecule has 0 fully saturated rings. The summed E-state index contributed by atoms with van der Waals surface area (Å²) in [5.41, 5.74) is 0. The molecule has 1 rings (SSSR count). The Bertz CT molecular complexity index is 300. The molecule has 0 radical (unpaired) electrons. The lowest BCUT2D eigenvalue weighted by Gasteiger charge is -2.06. The predicted molar refractivity (Wildman–Crippen MR) is 64.6 cm³/mol. The average Bonchev–Trinajstić information content (AvgIpc) is 2.82. The standard InChI is InChI=1S/C11H20N4O2/c1-17-10-7-13-11(16)3-5-12-6-9-15-8-2-4-14-15/h2,4,8,12H,3,5-7,9-10H2,1H3,(H,13,16). The maximum Gasteiger partial charge on any atom is 0.221 e. The van der Waals surface area contributed by atoms with Gasteiger partial charge in [-0.25, -0.2) is 0 Å². The highest BCUT2D eigenvalue weighted by Crippen LogP contribution is 1.83. The third kappa shape index (κ3) is 6.70. The van der Waals surface area contributed by atoms with Crippen LogP contribution in [0.2, 0.25) is 0 Å². The van der Waals surface area contributed by atoms with Crippen LogP contribution in [-0.4, -0.2) is 49.0 Å². The minimum Gasteiger partial charge on any atom is -0.383 e. The number of nitrogens with one attached hydrogen (secondary N) is 2. The quantitative estimate of drug-likeness (QED) is 0.578. The van der Waals surface area contributed by atoms with Crippen molar-refractivity contribution in [3.05, 3.63) is 18.5 Å². The summed E-state index contributed by atoms with van der Waals surface area (Å²) < 4.78 is 6.69. The average molecular weight is 240 g/mol. The molecule has 0 spiro atoms. The molecule has 2 N–H and O–H groups in total. The van der Waals surface area contributed by atoms with Gasteiger partial charge >= 0.3 is 0 Å². The first-order chi connectivity index (χ1) is 8.33. The second kappa shape index (κ2) is 8.72. The summed E-state index contributed by atoms with van der Waals surface area (Å²) in [4.78, 5) is 11.3. The van der Waals surface area contributed by atoms with E-state index >= 15 is 0 Å². The van der Waals surface area contributed by atoms with Crippen molar-refractivity contribution < 1.29 is 9.53 Å². The van der Waals surface area contributed by atoms with E-state index in [4.69, 9.17) is 4.74 Å². The van der Waals surface area contributed by atoms with Crippen molar-refractivity contribution in [1.82, 2.24) is 20.4 Å². The zero-order valence-corrected chi connectivity index (χ0v) is 10.2. The zero-order valence-electron chi connectivity index (χ0n) is 10.2. The number of aromatic nitrogens is 2. The fraction of sp³-hybridized carbons (Fsp3) is 0.636. The molecule has 6 heteroatoms. The fourth-order valence-corrected chi connectivity index (χ4v) is 1.33. The molecular weight excluding hydrogens is 220 g/mol. The maximum atomic E-state index is 11.3. The van der Waals surface area contributed by atoms with Crippen molar-refractivity contribution in [2.24, 2.45) is 0 Å². The van der Waals surface area contributed by atoms with Gasteiger partial charge in [0.15, 0.2) is 0 Å². The molecule has 0 aliphatic rings. The van der Waals surface area contributed by atoms with E-state index in [1.165, 1.54) is 0 Å². The first-order valence-corrected chi connectivity index (χ1v) is 5.76. The second-order valence-corrected chi connectivity index (χ2v) is 3.61. The van der Waals surface area contributed by atoms with Crippen molar-refractivity contribution in [2.45, 2.75) is 13.0 Å². The van der Waals surface area contributed by atoms with Crippen LogP contribution in [0.15, 0.2) is 18.5 Å². The van der Waals surface area contributed by atoms with E-state index in [-0.39, 0.29) is 5.91 Å². The van der Waals surface area contributed by atoms with Gasteiger partial charge in [0.2, 0.25) is 5.91 Å². The zero-order chi connectivity index (χ0) is 12.3. The van der Waals surface area contributed by atoms with Crippen LogP contribution in [0, 0.1) is 0 Å². The second-order valence-electron chi connectivity index (χ2n) is 3.61. The highest BCUT2D eigenvalue weighted by molar-refractivity contribution is 5.75. The summed E-state index contributed by atoms with van der Waals surface area (Å²) >= 11 is 0. The third-order valence-electron chi connectivity index (χ3n) is 2.23. The lowest BCUT2D eigenvalue weighted by molar-refractivity contribution is -0.121. The van der Waals surface area contributed by atoms with Crippen molar-refractivity contribution >= 4 is 5.91 Å². The van der Waals surface area contributed by atoms with Crippen LogP contribution in [-0.2, 0) is 16.1 Å². The fourth-order valence-electron chi connectivity index (χ4n) is 1.33. The lowest BCUT2D eigenvalue weighted by Crippen LogP contribution is -2.31. The van der Waals surface area contributed by atoms with Gasteiger partial charge in [-0.1, -0.05) is 0 Å². The monoisotopic (exact) mass is 240 g/mol. The summed E-state index contributed by atoms with van der Waals surface area (Å²) in [6, 6.07) is 1.89. The SMILES string of the molecule is COCCNC(=O)CCNCCn1cccn1. The van der Waals surface area contributed by atoms with Crippen LogP contribution in [0.4, 0.5) is 0 Å². The van der Waals surface area contributed by atoms with Crippen molar-refractivity contribution in [2.75, 3.05) is 33.4 Å².